The third-order valence-corrected chi connectivity index (χ3v) is 4.53. The highest BCUT2D eigenvalue weighted by atomic mass is 16.5. The zero-order valence-corrected chi connectivity index (χ0v) is 13.6. The molecule has 1 saturated heterocycles. The molecule has 24 heavy (non-hydrogen) atoms. The summed E-state index contributed by atoms with van der Waals surface area (Å²) in [4.78, 5) is 14.0. The third kappa shape index (κ3) is 2.93. The maximum absolute atomic E-state index is 12.2. The van der Waals surface area contributed by atoms with Gasteiger partial charge in [0.15, 0.2) is 18.1 Å². The quantitative estimate of drug-likeness (QED) is 0.806. The zero-order chi connectivity index (χ0) is 16.5. The first-order valence-electron chi connectivity index (χ1n) is 8.20. The van der Waals surface area contributed by atoms with E-state index in [2.05, 4.69) is 10.3 Å². The lowest BCUT2D eigenvalue weighted by molar-refractivity contribution is -0.139. The highest BCUT2D eigenvalue weighted by Gasteiger charge is 2.34. The average molecular weight is 328 g/mol. The van der Waals surface area contributed by atoms with E-state index in [1.54, 1.807) is 18.1 Å². The molecule has 4 rings (SSSR count). The van der Waals surface area contributed by atoms with Crippen LogP contribution in [0.5, 0.6) is 11.5 Å². The summed E-state index contributed by atoms with van der Waals surface area (Å²) in [5.41, 5.74) is 1.08. The number of para-hydroxylation sites is 2. The second-order valence-corrected chi connectivity index (χ2v) is 6.29. The normalized spacial score (nSPS) is 17.5. The first kappa shape index (κ1) is 15.0. The Morgan fingerprint density at radius 2 is 2.00 bits per heavy atom. The van der Waals surface area contributed by atoms with Crippen molar-refractivity contribution in [3.8, 4) is 11.5 Å². The van der Waals surface area contributed by atoms with Crippen molar-refractivity contribution in [3.05, 3.63) is 36.2 Å². The Bertz CT molecular complexity index is 735. The van der Waals surface area contributed by atoms with Crippen molar-refractivity contribution in [2.75, 3.05) is 26.8 Å². The van der Waals surface area contributed by atoms with Crippen LogP contribution in [0.1, 0.15) is 30.5 Å². The molecule has 1 amide bonds. The van der Waals surface area contributed by atoms with Crippen molar-refractivity contribution in [2.45, 2.75) is 24.8 Å². The average Bonchev–Trinajstić information content (AvgIpc) is 3.31. The minimum Gasteiger partial charge on any atom is -0.493 e. The molecule has 1 aromatic carbocycles. The fraction of sp³-hybridized carbons (Fsp3) is 0.471. The zero-order valence-electron chi connectivity index (χ0n) is 13.6. The van der Waals surface area contributed by atoms with Crippen molar-refractivity contribution in [2.24, 2.45) is 0 Å². The number of methoxy groups -OCH3 is 1. The first-order valence-corrected chi connectivity index (χ1v) is 8.20. The van der Waals surface area contributed by atoms with Crippen LogP contribution in [0.2, 0.25) is 0 Å². The molecule has 0 atom stereocenters. The molecule has 2 fully saturated rings. The van der Waals surface area contributed by atoms with Gasteiger partial charge < -0.3 is 14.4 Å². The number of benzene rings is 1. The molecule has 0 N–H and O–H groups in total. The fourth-order valence-electron chi connectivity index (χ4n) is 2.83. The summed E-state index contributed by atoms with van der Waals surface area (Å²) in [5.74, 6) is 1.78. The van der Waals surface area contributed by atoms with E-state index in [0.29, 0.717) is 30.5 Å². The number of aromatic nitrogens is 3. The van der Waals surface area contributed by atoms with Gasteiger partial charge in [-0.3, -0.25) is 4.79 Å². The molecule has 1 saturated carbocycles. The second-order valence-electron chi connectivity index (χ2n) is 6.29. The van der Waals surface area contributed by atoms with Crippen LogP contribution in [-0.4, -0.2) is 52.6 Å². The summed E-state index contributed by atoms with van der Waals surface area (Å²) in [6.45, 7) is 1.32. The van der Waals surface area contributed by atoms with Crippen LogP contribution in [0.3, 0.4) is 0 Å². The highest BCUT2D eigenvalue weighted by molar-refractivity contribution is 5.78. The topological polar surface area (TPSA) is 69.5 Å². The van der Waals surface area contributed by atoms with Crippen LogP contribution in [0, 0.1) is 0 Å². The Kier molecular flexibility index (Phi) is 3.84. The highest BCUT2D eigenvalue weighted by Crippen LogP contribution is 2.39. The van der Waals surface area contributed by atoms with E-state index >= 15 is 0 Å². The molecule has 0 radical (unpaired) electrons. The number of amides is 1. The minimum absolute atomic E-state index is 0.0117. The van der Waals surface area contributed by atoms with Crippen LogP contribution in [-0.2, 0) is 4.79 Å². The van der Waals surface area contributed by atoms with Crippen molar-refractivity contribution in [3.63, 3.8) is 0 Å². The molecule has 1 aromatic heterocycles. The van der Waals surface area contributed by atoms with Crippen molar-refractivity contribution >= 4 is 5.91 Å². The molecule has 2 aromatic rings. The van der Waals surface area contributed by atoms with Gasteiger partial charge in [-0.15, -0.1) is 5.10 Å². The summed E-state index contributed by atoms with van der Waals surface area (Å²) >= 11 is 0. The molecular formula is C17H20N4O3. The van der Waals surface area contributed by atoms with Gasteiger partial charge >= 0.3 is 0 Å². The van der Waals surface area contributed by atoms with Gasteiger partial charge in [-0.2, -0.15) is 0 Å². The number of carbonyl (C=O) groups excluding carboxylic acids is 1. The predicted molar refractivity (Wildman–Crippen MR) is 86.1 cm³/mol. The number of carbonyl (C=O) groups is 1. The van der Waals surface area contributed by atoms with Gasteiger partial charge in [-0.1, -0.05) is 17.3 Å². The van der Waals surface area contributed by atoms with Crippen LogP contribution in [0.4, 0.5) is 0 Å². The standard InChI is InChI=1S/C17H20N4O3/c1-23-15-4-2-3-5-16(15)24-11-17(22)20-8-13(9-20)21-10-14(18-19-21)12-6-7-12/h2-5,10,12-13H,6-9,11H2,1H3. The Morgan fingerprint density at radius 3 is 2.71 bits per heavy atom. The third-order valence-electron chi connectivity index (χ3n) is 4.53. The Balaban J connectivity index is 1.27. The Labute approximate surface area is 140 Å². The monoisotopic (exact) mass is 328 g/mol. The molecule has 126 valence electrons. The molecule has 1 aliphatic carbocycles. The number of hydrogen-bond donors (Lipinski definition) is 0. The Hall–Kier alpha value is -2.57. The first-order chi connectivity index (χ1) is 11.7. The molecule has 0 bridgehead atoms. The van der Waals surface area contributed by atoms with Crippen LogP contribution in [0.15, 0.2) is 30.5 Å². The van der Waals surface area contributed by atoms with E-state index in [0.717, 1.165) is 5.69 Å². The van der Waals surface area contributed by atoms with Gasteiger partial charge in [0.1, 0.15) is 0 Å². The minimum atomic E-state index is -0.0281. The number of rotatable bonds is 6. The predicted octanol–water partition coefficient (Wildman–Crippen LogP) is 1.63. The fourth-order valence-corrected chi connectivity index (χ4v) is 2.83. The molecule has 7 nitrogen and oxygen atoms in total. The van der Waals surface area contributed by atoms with Gasteiger partial charge in [-0.05, 0) is 25.0 Å². The maximum atomic E-state index is 12.2. The van der Waals surface area contributed by atoms with Gasteiger partial charge in [0.05, 0.1) is 18.8 Å². The van der Waals surface area contributed by atoms with Crippen LogP contribution < -0.4 is 9.47 Å². The molecule has 0 unspecified atom stereocenters. The molecule has 0 spiro atoms. The van der Waals surface area contributed by atoms with E-state index in [9.17, 15) is 4.79 Å². The van der Waals surface area contributed by atoms with Crippen molar-refractivity contribution in [1.29, 1.82) is 0 Å². The molecule has 2 aliphatic rings. The summed E-state index contributed by atoms with van der Waals surface area (Å²) in [5, 5.41) is 8.41. The largest absolute Gasteiger partial charge is 0.493 e. The summed E-state index contributed by atoms with van der Waals surface area (Å²) < 4.78 is 12.7. The number of nitrogens with zero attached hydrogens (tertiary/aromatic N) is 4. The van der Waals surface area contributed by atoms with E-state index in [4.69, 9.17) is 9.47 Å². The van der Waals surface area contributed by atoms with Crippen molar-refractivity contribution in [1.82, 2.24) is 19.9 Å². The maximum Gasteiger partial charge on any atom is 0.260 e. The molecule has 2 heterocycles. The van der Waals surface area contributed by atoms with Gasteiger partial charge in [0.25, 0.3) is 5.91 Å². The molecule has 1 aliphatic heterocycles. The van der Waals surface area contributed by atoms with Crippen LogP contribution >= 0.6 is 0 Å². The lowest BCUT2D eigenvalue weighted by atomic mass is 10.1. The number of hydrogen-bond acceptors (Lipinski definition) is 5. The van der Waals surface area contributed by atoms with Crippen molar-refractivity contribution < 1.29 is 14.3 Å². The van der Waals surface area contributed by atoms with Gasteiger partial charge in [-0.25, -0.2) is 4.68 Å². The Morgan fingerprint density at radius 1 is 1.25 bits per heavy atom. The lowest BCUT2D eigenvalue weighted by Gasteiger charge is -2.38. The molecule has 7 heteroatoms. The smallest absolute Gasteiger partial charge is 0.260 e. The van der Waals surface area contributed by atoms with Gasteiger partial charge in [0, 0.05) is 25.2 Å². The lowest BCUT2D eigenvalue weighted by Crippen LogP contribution is -2.52. The SMILES string of the molecule is COc1ccccc1OCC(=O)N1CC(n2cc(C3CC3)nn2)C1. The van der Waals surface area contributed by atoms with E-state index in [1.807, 2.05) is 29.1 Å². The number of ether oxygens (including phenoxy) is 2. The summed E-state index contributed by atoms with van der Waals surface area (Å²) in [6, 6.07) is 7.54. The summed E-state index contributed by atoms with van der Waals surface area (Å²) in [7, 11) is 1.58. The summed E-state index contributed by atoms with van der Waals surface area (Å²) in [6.07, 6.45) is 4.46. The van der Waals surface area contributed by atoms with E-state index < -0.39 is 0 Å². The van der Waals surface area contributed by atoms with Crippen LogP contribution in [0.25, 0.3) is 0 Å². The molecular weight excluding hydrogens is 308 g/mol. The van der Waals surface area contributed by atoms with E-state index in [1.165, 1.54) is 12.8 Å². The van der Waals surface area contributed by atoms with E-state index in [-0.39, 0.29) is 18.6 Å². The second kappa shape index (κ2) is 6.14. The number of likely N-dealkylation sites (tertiary alicyclic amines) is 1. The van der Waals surface area contributed by atoms with Gasteiger partial charge in [0.2, 0.25) is 0 Å².